The Morgan fingerprint density at radius 2 is 1.41 bits per heavy atom. The first kappa shape index (κ1) is 16.2. The summed E-state index contributed by atoms with van der Waals surface area (Å²) < 4.78 is 0. The van der Waals surface area contributed by atoms with Crippen molar-refractivity contribution < 1.29 is 9.59 Å². The molecule has 22 heavy (non-hydrogen) atoms. The van der Waals surface area contributed by atoms with E-state index in [1.807, 2.05) is 60.7 Å². The summed E-state index contributed by atoms with van der Waals surface area (Å²) in [6.45, 7) is 1.58. The molecule has 0 saturated heterocycles. The van der Waals surface area contributed by atoms with Crippen LogP contribution in [0.25, 0.3) is 0 Å². The molecule has 0 aliphatic rings. The van der Waals surface area contributed by atoms with E-state index in [0.717, 1.165) is 12.0 Å². The van der Waals surface area contributed by atoms with Crippen molar-refractivity contribution >= 4 is 11.6 Å². The Balaban J connectivity index is 1.88. The Hall–Kier alpha value is -2.22. The van der Waals surface area contributed by atoms with E-state index in [9.17, 15) is 9.59 Å². The molecule has 0 N–H and O–H groups in total. The summed E-state index contributed by atoms with van der Waals surface area (Å²) in [5.41, 5.74) is 2.27. The van der Waals surface area contributed by atoms with Gasteiger partial charge in [0.25, 0.3) is 0 Å². The molecule has 2 nitrogen and oxygen atoms in total. The lowest BCUT2D eigenvalue weighted by Crippen LogP contribution is -2.18. The van der Waals surface area contributed by atoms with Crippen molar-refractivity contribution in [2.45, 2.75) is 32.6 Å². The molecule has 2 aromatic carbocycles. The van der Waals surface area contributed by atoms with E-state index in [1.165, 1.54) is 5.56 Å². The quantitative estimate of drug-likeness (QED) is 0.736. The maximum atomic E-state index is 12.2. The number of carbonyl (C=O) groups is 2. The molecule has 2 rings (SSSR count). The third kappa shape index (κ3) is 5.28. The molecule has 114 valence electrons. The molecule has 0 aromatic heterocycles. The second-order valence-electron chi connectivity index (χ2n) is 5.73. The summed E-state index contributed by atoms with van der Waals surface area (Å²) in [4.78, 5) is 24.0. The van der Waals surface area contributed by atoms with E-state index < -0.39 is 0 Å². The number of benzene rings is 2. The van der Waals surface area contributed by atoms with E-state index in [1.54, 1.807) is 6.92 Å². The van der Waals surface area contributed by atoms with Gasteiger partial charge in [0.1, 0.15) is 11.6 Å². The number of carbonyl (C=O) groups excluding carboxylic acids is 2. The van der Waals surface area contributed by atoms with Crippen LogP contribution in [-0.2, 0) is 22.4 Å². The maximum Gasteiger partial charge on any atom is 0.133 e. The van der Waals surface area contributed by atoms with E-state index in [-0.39, 0.29) is 17.5 Å². The van der Waals surface area contributed by atoms with Gasteiger partial charge in [0.2, 0.25) is 0 Å². The van der Waals surface area contributed by atoms with Crippen LogP contribution in [0.15, 0.2) is 60.7 Å². The minimum atomic E-state index is -0.203. The van der Waals surface area contributed by atoms with Crippen LogP contribution < -0.4 is 0 Å². The third-order valence-electron chi connectivity index (χ3n) is 3.91. The van der Waals surface area contributed by atoms with Gasteiger partial charge >= 0.3 is 0 Å². The Morgan fingerprint density at radius 3 is 1.95 bits per heavy atom. The zero-order chi connectivity index (χ0) is 15.8. The average molecular weight is 294 g/mol. The zero-order valence-electron chi connectivity index (χ0n) is 13.0. The lowest BCUT2D eigenvalue weighted by molar-refractivity contribution is -0.126. The van der Waals surface area contributed by atoms with Crippen LogP contribution in [0.3, 0.4) is 0 Å². The normalized spacial score (nSPS) is 11.9. The molecule has 1 unspecified atom stereocenters. The number of rotatable bonds is 8. The van der Waals surface area contributed by atoms with Gasteiger partial charge in [0, 0.05) is 18.8 Å². The summed E-state index contributed by atoms with van der Waals surface area (Å²) in [5, 5.41) is 0. The SMILES string of the molecule is CC(=O)C(CC(=O)CCc1ccccc1)Cc1ccccc1. The number of Topliss-reactive ketones (excluding diaryl/α,β-unsaturated/α-hetero) is 2. The topological polar surface area (TPSA) is 34.1 Å². The molecule has 1 atom stereocenters. The lowest BCUT2D eigenvalue weighted by Gasteiger charge is -2.13. The van der Waals surface area contributed by atoms with Gasteiger partial charge in [-0.2, -0.15) is 0 Å². The second-order valence-corrected chi connectivity index (χ2v) is 5.73. The molecule has 0 aliphatic carbocycles. The highest BCUT2D eigenvalue weighted by atomic mass is 16.1. The van der Waals surface area contributed by atoms with E-state index in [4.69, 9.17) is 0 Å². The highest BCUT2D eigenvalue weighted by Gasteiger charge is 2.18. The van der Waals surface area contributed by atoms with Gasteiger partial charge in [-0.3, -0.25) is 9.59 Å². The van der Waals surface area contributed by atoms with Gasteiger partial charge in [-0.1, -0.05) is 60.7 Å². The first-order valence-corrected chi connectivity index (χ1v) is 7.75. The summed E-state index contributed by atoms with van der Waals surface area (Å²) in [5.74, 6) is 0.0579. The first-order chi connectivity index (χ1) is 10.6. The largest absolute Gasteiger partial charge is 0.300 e. The van der Waals surface area contributed by atoms with E-state index in [0.29, 0.717) is 19.3 Å². The van der Waals surface area contributed by atoms with Gasteiger partial charge < -0.3 is 0 Å². The van der Waals surface area contributed by atoms with Crippen LogP contribution >= 0.6 is 0 Å². The van der Waals surface area contributed by atoms with Gasteiger partial charge in [-0.15, -0.1) is 0 Å². The Labute approximate surface area is 132 Å². The molecule has 0 saturated carbocycles. The van der Waals surface area contributed by atoms with Crippen LogP contribution in [0.2, 0.25) is 0 Å². The standard InChI is InChI=1S/C20H22O2/c1-16(21)19(14-18-10-6-3-7-11-18)15-20(22)13-12-17-8-4-2-5-9-17/h2-11,19H,12-15H2,1H3. The molecule has 0 radical (unpaired) electrons. The van der Waals surface area contributed by atoms with Crippen LogP contribution in [0.5, 0.6) is 0 Å². The summed E-state index contributed by atoms with van der Waals surface area (Å²) in [6, 6.07) is 19.9. The molecule has 0 amide bonds. The molecule has 0 fully saturated rings. The van der Waals surface area contributed by atoms with Crippen LogP contribution in [-0.4, -0.2) is 11.6 Å². The lowest BCUT2D eigenvalue weighted by atomic mass is 9.90. The summed E-state index contributed by atoms with van der Waals surface area (Å²) in [6.07, 6.45) is 2.24. The highest BCUT2D eigenvalue weighted by molar-refractivity contribution is 5.87. The number of hydrogen-bond donors (Lipinski definition) is 0. The maximum absolute atomic E-state index is 12.2. The Kier molecular flexibility index (Phi) is 6.08. The van der Waals surface area contributed by atoms with Crippen molar-refractivity contribution in [1.29, 1.82) is 0 Å². The fourth-order valence-corrected chi connectivity index (χ4v) is 2.56. The Bertz CT molecular complexity index is 602. The fraction of sp³-hybridized carbons (Fsp3) is 0.300. The van der Waals surface area contributed by atoms with Gasteiger partial charge in [0.15, 0.2) is 0 Å². The minimum Gasteiger partial charge on any atom is -0.300 e. The molecule has 0 bridgehead atoms. The summed E-state index contributed by atoms with van der Waals surface area (Å²) in [7, 11) is 0. The highest BCUT2D eigenvalue weighted by Crippen LogP contribution is 2.16. The number of aryl methyl sites for hydroxylation is 1. The van der Waals surface area contributed by atoms with Crippen LogP contribution in [0, 0.1) is 5.92 Å². The van der Waals surface area contributed by atoms with Crippen molar-refractivity contribution in [2.75, 3.05) is 0 Å². The Morgan fingerprint density at radius 1 is 0.864 bits per heavy atom. The van der Waals surface area contributed by atoms with Crippen molar-refractivity contribution in [2.24, 2.45) is 5.92 Å². The predicted octanol–water partition coefficient (Wildman–Crippen LogP) is 4.03. The van der Waals surface area contributed by atoms with Crippen LogP contribution in [0.4, 0.5) is 0 Å². The number of hydrogen-bond acceptors (Lipinski definition) is 2. The molecule has 0 heterocycles. The molecular formula is C20H22O2. The molecule has 0 spiro atoms. The van der Waals surface area contributed by atoms with E-state index in [2.05, 4.69) is 0 Å². The summed E-state index contributed by atoms with van der Waals surface area (Å²) >= 11 is 0. The fourth-order valence-electron chi connectivity index (χ4n) is 2.56. The monoisotopic (exact) mass is 294 g/mol. The third-order valence-corrected chi connectivity index (χ3v) is 3.91. The average Bonchev–Trinajstić information content (AvgIpc) is 2.54. The van der Waals surface area contributed by atoms with Crippen molar-refractivity contribution in [3.05, 3.63) is 71.8 Å². The van der Waals surface area contributed by atoms with Crippen molar-refractivity contribution in [3.63, 3.8) is 0 Å². The van der Waals surface area contributed by atoms with Crippen molar-refractivity contribution in [3.8, 4) is 0 Å². The smallest absolute Gasteiger partial charge is 0.133 e. The molecular weight excluding hydrogens is 272 g/mol. The van der Waals surface area contributed by atoms with Crippen LogP contribution in [0.1, 0.15) is 30.9 Å². The predicted molar refractivity (Wildman–Crippen MR) is 88.7 cm³/mol. The molecule has 0 aliphatic heterocycles. The molecule has 2 aromatic rings. The van der Waals surface area contributed by atoms with Gasteiger partial charge in [-0.05, 0) is 30.9 Å². The van der Waals surface area contributed by atoms with Gasteiger partial charge in [-0.25, -0.2) is 0 Å². The first-order valence-electron chi connectivity index (χ1n) is 7.75. The second kappa shape index (κ2) is 8.28. The molecule has 2 heteroatoms. The zero-order valence-corrected chi connectivity index (χ0v) is 13.0. The minimum absolute atomic E-state index is 0.0944. The van der Waals surface area contributed by atoms with E-state index >= 15 is 0 Å². The number of ketones is 2. The van der Waals surface area contributed by atoms with Gasteiger partial charge in [0.05, 0.1) is 0 Å². The van der Waals surface area contributed by atoms with Crippen molar-refractivity contribution in [1.82, 2.24) is 0 Å².